The Balaban J connectivity index is 2.26. The van der Waals surface area contributed by atoms with Crippen molar-refractivity contribution in [1.29, 1.82) is 0 Å². The second kappa shape index (κ2) is 6.16. The molecule has 1 aliphatic heterocycles. The van der Waals surface area contributed by atoms with Gasteiger partial charge in [0.05, 0.1) is 17.0 Å². The summed E-state index contributed by atoms with van der Waals surface area (Å²) in [5.74, 6) is 5.34. The molecule has 0 radical (unpaired) electrons. The molecule has 6 heteroatoms. The molecule has 2 N–H and O–H groups in total. The Morgan fingerprint density at radius 3 is 2.81 bits per heavy atom. The number of nitrogens with one attached hydrogen (secondary N) is 1. The van der Waals surface area contributed by atoms with Crippen LogP contribution in [-0.2, 0) is 14.8 Å². The molecule has 5 nitrogen and oxygen atoms in total. The van der Waals surface area contributed by atoms with Gasteiger partial charge in [0.15, 0.2) is 0 Å². The molecular formula is C15H19NO4S. The molecule has 0 bridgehead atoms. The smallest absolute Gasteiger partial charge is 0.241 e. The zero-order chi connectivity index (χ0) is 15.5. The number of rotatable bonds is 3. The summed E-state index contributed by atoms with van der Waals surface area (Å²) in [7, 11) is -3.59. The summed E-state index contributed by atoms with van der Waals surface area (Å²) in [6.45, 7) is 4.35. The average molecular weight is 309 g/mol. The monoisotopic (exact) mass is 309 g/mol. The maximum atomic E-state index is 12.4. The summed E-state index contributed by atoms with van der Waals surface area (Å²) in [6, 6.07) is 4.76. The zero-order valence-corrected chi connectivity index (χ0v) is 13.0. The van der Waals surface area contributed by atoms with Crippen LogP contribution in [0.2, 0.25) is 0 Å². The van der Waals surface area contributed by atoms with E-state index < -0.39 is 15.6 Å². The van der Waals surface area contributed by atoms with Gasteiger partial charge in [-0.25, -0.2) is 13.1 Å². The van der Waals surface area contributed by atoms with Gasteiger partial charge in [0.2, 0.25) is 10.0 Å². The molecule has 0 spiro atoms. The maximum Gasteiger partial charge on any atom is 0.241 e. The summed E-state index contributed by atoms with van der Waals surface area (Å²) in [5, 5.41) is 8.70. The van der Waals surface area contributed by atoms with Gasteiger partial charge in [-0.05, 0) is 44.0 Å². The van der Waals surface area contributed by atoms with E-state index in [2.05, 4.69) is 16.6 Å². The van der Waals surface area contributed by atoms with Crippen molar-refractivity contribution in [2.75, 3.05) is 19.8 Å². The van der Waals surface area contributed by atoms with E-state index in [1.165, 1.54) is 6.07 Å². The molecule has 1 atom stereocenters. The maximum absolute atomic E-state index is 12.4. The first-order valence-electron chi connectivity index (χ1n) is 6.68. The molecule has 1 fully saturated rings. The van der Waals surface area contributed by atoms with Gasteiger partial charge in [0.1, 0.15) is 6.61 Å². The van der Waals surface area contributed by atoms with E-state index in [1.54, 1.807) is 19.1 Å². The Morgan fingerprint density at radius 1 is 1.48 bits per heavy atom. The Bertz CT molecular complexity index is 679. The minimum atomic E-state index is -3.59. The summed E-state index contributed by atoms with van der Waals surface area (Å²) in [6.07, 6.45) is 0.658. The van der Waals surface area contributed by atoms with Crippen molar-refractivity contribution in [3.05, 3.63) is 29.3 Å². The third-order valence-electron chi connectivity index (χ3n) is 3.41. The van der Waals surface area contributed by atoms with Crippen LogP contribution in [0.5, 0.6) is 0 Å². The molecule has 114 valence electrons. The number of benzene rings is 1. The Kier molecular flexibility index (Phi) is 4.69. The van der Waals surface area contributed by atoms with Gasteiger partial charge in [-0.2, -0.15) is 0 Å². The van der Waals surface area contributed by atoms with Crippen molar-refractivity contribution in [2.24, 2.45) is 0 Å². The SMILES string of the molecule is Cc1cc(S(=O)(=O)NC2(C)CCOC2)ccc1C#CCO. The highest BCUT2D eigenvalue weighted by atomic mass is 32.2. The predicted octanol–water partition coefficient (Wildman–Crippen LogP) is 0.796. The van der Waals surface area contributed by atoms with E-state index >= 15 is 0 Å². The zero-order valence-electron chi connectivity index (χ0n) is 12.1. The molecule has 2 rings (SSSR count). The lowest BCUT2D eigenvalue weighted by Crippen LogP contribution is -2.46. The quantitative estimate of drug-likeness (QED) is 0.810. The van der Waals surface area contributed by atoms with E-state index in [9.17, 15) is 8.42 Å². The molecular weight excluding hydrogens is 290 g/mol. The first-order chi connectivity index (χ1) is 9.86. The van der Waals surface area contributed by atoms with Crippen LogP contribution in [-0.4, -0.2) is 38.9 Å². The Morgan fingerprint density at radius 2 is 2.24 bits per heavy atom. The van der Waals surface area contributed by atoms with Crippen LogP contribution in [0.4, 0.5) is 0 Å². The third-order valence-corrected chi connectivity index (χ3v) is 5.05. The standard InChI is InChI=1S/C15H19NO4S/c1-12-10-14(6-5-13(12)4-3-8-17)21(18,19)16-15(2)7-9-20-11-15/h5-6,10,16-17H,7-9,11H2,1-2H3. The number of aliphatic hydroxyl groups is 1. The molecule has 0 amide bonds. The van der Waals surface area contributed by atoms with Gasteiger partial charge in [0.25, 0.3) is 0 Å². The van der Waals surface area contributed by atoms with Crippen LogP contribution < -0.4 is 4.72 Å². The second-order valence-corrected chi connectivity index (χ2v) is 7.09. The van der Waals surface area contributed by atoms with Gasteiger partial charge in [-0.1, -0.05) is 11.8 Å². The van der Waals surface area contributed by atoms with E-state index in [0.29, 0.717) is 25.2 Å². The number of aliphatic hydroxyl groups excluding tert-OH is 1. The molecule has 1 aromatic carbocycles. The predicted molar refractivity (Wildman–Crippen MR) is 79.3 cm³/mol. The van der Waals surface area contributed by atoms with Gasteiger partial charge in [0, 0.05) is 12.2 Å². The second-order valence-electron chi connectivity index (χ2n) is 5.41. The lowest BCUT2D eigenvalue weighted by atomic mass is 10.0. The van der Waals surface area contributed by atoms with Crippen LogP contribution >= 0.6 is 0 Å². The Labute approximate surface area is 125 Å². The fourth-order valence-electron chi connectivity index (χ4n) is 2.21. The van der Waals surface area contributed by atoms with Gasteiger partial charge >= 0.3 is 0 Å². The summed E-state index contributed by atoms with van der Waals surface area (Å²) in [4.78, 5) is 0.211. The lowest BCUT2D eigenvalue weighted by molar-refractivity contribution is 0.178. The normalized spacial score (nSPS) is 21.9. The van der Waals surface area contributed by atoms with Gasteiger partial charge in [-0.15, -0.1) is 0 Å². The van der Waals surface area contributed by atoms with Crippen LogP contribution in [0, 0.1) is 18.8 Å². The number of aryl methyl sites for hydroxylation is 1. The first-order valence-corrected chi connectivity index (χ1v) is 8.17. The summed E-state index contributed by atoms with van der Waals surface area (Å²) in [5.41, 5.74) is 0.910. The summed E-state index contributed by atoms with van der Waals surface area (Å²) < 4.78 is 32.8. The molecule has 0 aliphatic carbocycles. The molecule has 1 unspecified atom stereocenters. The molecule has 21 heavy (non-hydrogen) atoms. The number of hydrogen-bond donors (Lipinski definition) is 2. The first kappa shape index (κ1) is 16.0. The molecule has 0 saturated carbocycles. The number of sulfonamides is 1. The minimum absolute atomic E-state index is 0.211. The lowest BCUT2D eigenvalue weighted by Gasteiger charge is -2.23. The van der Waals surface area contributed by atoms with E-state index in [0.717, 1.165) is 5.56 Å². The topological polar surface area (TPSA) is 75.6 Å². The fourth-order valence-corrected chi connectivity index (χ4v) is 3.72. The highest BCUT2D eigenvalue weighted by molar-refractivity contribution is 7.89. The average Bonchev–Trinajstić information content (AvgIpc) is 2.82. The van der Waals surface area contributed by atoms with Crippen LogP contribution in [0.3, 0.4) is 0 Å². The molecule has 0 aromatic heterocycles. The van der Waals surface area contributed by atoms with Crippen LogP contribution in [0.25, 0.3) is 0 Å². The largest absolute Gasteiger partial charge is 0.384 e. The summed E-state index contributed by atoms with van der Waals surface area (Å²) >= 11 is 0. The molecule has 1 aromatic rings. The van der Waals surface area contributed by atoms with Crippen LogP contribution in [0.1, 0.15) is 24.5 Å². The third kappa shape index (κ3) is 3.83. The van der Waals surface area contributed by atoms with Crippen molar-refractivity contribution in [3.63, 3.8) is 0 Å². The van der Waals surface area contributed by atoms with Crippen molar-refractivity contribution in [3.8, 4) is 11.8 Å². The highest BCUT2D eigenvalue weighted by Gasteiger charge is 2.34. The molecule has 1 saturated heterocycles. The Hall–Kier alpha value is -1.39. The minimum Gasteiger partial charge on any atom is -0.384 e. The highest BCUT2D eigenvalue weighted by Crippen LogP contribution is 2.22. The van der Waals surface area contributed by atoms with Crippen LogP contribution in [0.15, 0.2) is 23.1 Å². The fraction of sp³-hybridized carbons (Fsp3) is 0.467. The molecule has 1 aliphatic rings. The van der Waals surface area contributed by atoms with E-state index in [4.69, 9.17) is 9.84 Å². The van der Waals surface area contributed by atoms with Gasteiger partial charge < -0.3 is 9.84 Å². The van der Waals surface area contributed by atoms with Crippen molar-refractivity contribution < 1.29 is 18.3 Å². The number of hydrogen-bond acceptors (Lipinski definition) is 4. The van der Waals surface area contributed by atoms with E-state index in [1.807, 2.05) is 6.92 Å². The van der Waals surface area contributed by atoms with Gasteiger partial charge in [-0.3, -0.25) is 0 Å². The number of ether oxygens (including phenoxy) is 1. The molecule has 1 heterocycles. The van der Waals surface area contributed by atoms with Crippen molar-refractivity contribution in [1.82, 2.24) is 4.72 Å². The van der Waals surface area contributed by atoms with Crippen molar-refractivity contribution >= 4 is 10.0 Å². The van der Waals surface area contributed by atoms with E-state index in [-0.39, 0.29) is 11.5 Å². The van der Waals surface area contributed by atoms with Crippen molar-refractivity contribution in [2.45, 2.75) is 30.7 Å².